The van der Waals surface area contributed by atoms with Crippen molar-refractivity contribution in [2.45, 2.75) is 24.4 Å². The van der Waals surface area contributed by atoms with Crippen LogP contribution in [-0.4, -0.2) is 9.55 Å². The molecule has 27 heavy (non-hydrogen) atoms. The third-order valence-corrected chi connectivity index (χ3v) is 6.47. The number of benzene rings is 2. The Kier molecular flexibility index (Phi) is 5.09. The summed E-state index contributed by atoms with van der Waals surface area (Å²) >= 11 is 2.86. The molecule has 0 bridgehead atoms. The average Bonchev–Trinajstić information content (AvgIpc) is 3.13. The van der Waals surface area contributed by atoms with Crippen molar-refractivity contribution in [3.8, 4) is 10.4 Å². The van der Waals surface area contributed by atoms with Crippen molar-refractivity contribution in [2.75, 3.05) is 0 Å². The molecule has 6 heteroatoms. The van der Waals surface area contributed by atoms with Gasteiger partial charge in [0.25, 0.3) is 5.56 Å². The smallest absolute Gasteiger partial charge is 0.272 e. The molecule has 0 saturated carbocycles. The Hall–Kier alpha value is -2.44. The fourth-order valence-corrected chi connectivity index (χ4v) is 4.98. The van der Waals surface area contributed by atoms with Crippen molar-refractivity contribution in [1.82, 2.24) is 9.55 Å². The Morgan fingerprint density at radius 3 is 2.59 bits per heavy atom. The lowest BCUT2D eigenvalue weighted by Gasteiger charge is -2.09. The first kappa shape index (κ1) is 17.9. The summed E-state index contributed by atoms with van der Waals surface area (Å²) in [5.41, 5.74) is 2.34. The van der Waals surface area contributed by atoms with Crippen molar-refractivity contribution in [3.05, 3.63) is 82.4 Å². The number of hydrogen-bond acceptors (Lipinski definition) is 4. The lowest BCUT2D eigenvalue weighted by Crippen LogP contribution is -2.21. The van der Waals surface area contributed by atoms with Gasteiger partial charge in [0.15, 0.2) is 5.16 Å². The normalized spacial score (nSPS) is 11.2. The molecule has 136 valence electrons. The maximum absolute atomic E-state index is 13.9. The highest BCUT2D eigenvalue weighted by molar-refractivity contribution is 7.98. The number of hydrogen-bond donors (Lipinski definition) is 0. The molecule has 0 aliphatic carbocycles. The molecule has 0 unspecified atom stereocenters. The van der Waals surface area contributed by atoms with Gasteiger partial charge in [-0.05, 0) is 30.2 Å². The van der Waals surface area contributed by atoms with Gasteiger partial charge < -0.3 is 0 Å². The van der Waals surface area contributed by atoms with Crippen LogP contribution >= 0.6 is 23.1 Å². The summed E-state index contributed by atoms with van der Waals surface area (Å²) < 4.78 is 16.2. The van der Waals surface area contributed by atoms with E-state index in [-0.39, 0.29) is 11.4 Å². The minimum Gasteiger partial charge on any atom is -0.287 e. The van der Waals surface area contributed by atoms with E-state index in [0.29, 0.717) is 33.2 Å². The molecule has 0 aliphatic rings. The standard InChI is InChI=1S/C21H17FN2OS2/c1-2-24-20(25)19-17(12-18(27-19)14-8-4-3-5-9-14)23-21(24)26-13-15-10-6-7-11-16(15)22/h3-12H,2,13H2,1H3. The summed E-state index contributed by atoms with van der Waals surface area (Å²) in [5.74, 6) is 0.193. The first-order chi connectivity index (χ1) is 13.2. The number of aromatic nitrogens is 2. The highest BCUT2D eigenvalue weighted by Crippen LogP contribution is 2.32. The van der Waals surface area contributed by atoms with Crippen molar-refractivity contribution < 1.29 is 4.39 Å². The molecule has 0 radical (unpaired) electrons. The first-order valence-corrected chi connectivity index (χ1v) is 10.4. The van der Waals surface area contributed by atoms with Gasteiger partial charge in [0.05, 0.1) is 5.52 Å². The Morgan fingerprint density at radius 2 is 1.85 bits per heavy atom. The summed E-state index contributed by atoms with van der Waals surface area (Å²) in [6, 6.07) is 18.6. The van der Waals surface area contributed by atoms with Crippen LogP contribution in [0.3, 0.4) is 0 Å². The van der Waals surface area contributed by atoms with Gasteiger partial charge in [0.2, 0.25) is 0 Å². The minimum absolute atomic E-state index is 0.0364. The number of halogens is 1. The zero-order valence-corrected chi connectivity index (χ0v) is 16.3. The van der Waals surface area contributed by atoms with Crippen LogP contribution in [-0.2, 0) is 12.3 Å². The van der Waals surface area contributed by atoms with Crippen molar-refractivity contribution in [2.24, 2.45) is 0 Å². The fraction of sp³-hybridized carbons (Fsp3) is 0.143. The van der Waals surface area contributed by atoms with Crippen LogP contribution in [0.15, 0.2) is 70.6 Å². The Balaban J connectivity index is 1.74. The van der Waals surface area contributed by atoms with Gasteiger partial charge in [-0.1, -0.05) is 60.3 Å². The van der Waals surface area contributed by atoms with Crippen LogP contribution in [0, 0.1) is 5.82 Å². The molecule has 0 atom stereocenters. The molecular formula is C21H17FN2OS2. The van der Waals surface area contributed by atoms with Gasteiger partial charge in [0, 0.05) is 17.2 Å². The van der Waals surface area contributed by atoms with E-state index in [4.69, 9.17) is 4.98 Å². The SMILES string of the molecule is CCn1c(SCc2ccccc2F)nc2cc(-c3ccccc3)sc2c1=O. The molecule has 0 saturated heterocycles. The summed E-state index contributed by atoms with van der Waals surface area (Å²) in [5, 5.41) is 0.621. The summed E-state index contributed by atoms with van der Waals surface area (Å²) in [6.45, 7) is 2.45. The van der Waals surface area contributed by atoms with E-state index in [1.165, 1.54) is 29.2 Å². The number of rotatable bonds is 5. The summed E-state index contributed by atoms with van der Waals surface area (Å²) in [6.07, 6.45) is 0. The van der Waals surface area contributed by atoms with Crippen molar-refractivity contribution >= 4 is 33.3 Å². The first-order valence-electron chi connectivity index (χ1n) is 8.63. The second-order valence-electron chi connectivity index (χ2n) is 6.01. The fourth-order valence-electron chi connectivity index (χ4n) is 2.88. The maximum Gasteiger partial charge on any atom is 0.272 e. The van der Waals surface area contributed by atoms with Gasteiger partial charge in [-0.15, -0.1) is 11.3 Å². The number of thiophene rings is 1. The van der Waals surface area contributed by atoms with Crippen LogP contribution in [0.1, 0.15) is 12.5 Å². The van der Waals surface area contributed by atoms with Gasteiger partial charge >= 0.3 is 0 Å². The second kappa shape index (κ2) is 7.66. The minimum atomic E-state index is -0.238. The molecule has 2 aromatic carbocycles. The van der Waals surface area contributed by atoms with Gasteiger partial charge in [-0.2, -0.15) is 0 Å². The average molecular weight is 397 g/mol. The molecule has 0 spiro atoms. The summed E-state index contributed by atoms with van der Waals surface area (Å²) in [7, 11) is 0. The second-order valence-corrected chi connectivity index (χ2v) is 8.01. The monoisotopic (exact) mass is 396 g/mol. The Morgan fingerprint density at radius 1 is 1.11 bits per heavy atom. The molecule has 0 amide bonds. The molecule has 3 nitrogen and oxygen atoms in total. The van der Waals surface area contributed by atoms with E-state index in [1.807, 2.05) is 49.4 Å². The molecular weight excluding hydrogens is 379 g/mol. The van der Waals surface area contributed by atoms with E-state index in [9.17, 15) is 9.18 Å². The highest BCUT2D eigenvalue weighted by Gasteiger charge is 2.15. The van der Waals surface area contributed by atoms with Crippen molar-refractivity contribution in [3.63, 3.8) is 0 Å². The van der Waals surface area contributed by atoms with E-state index in [0.717, 1.165) is 10.4 Å². The van der Waals surface area contributed by atoms with Gasteiger partial charge in [-0.25, -0.2) is 9.37 Å². The van der Waals surface area contributed by atoms with Crippen LogP contribution in [0.25, 0.3) is 20.7 Å². The largest absolute Gasteiger partial charge is 0.287 e. The molecule has 2 heterocycles. The molecule has 0 N–H and O–H groups in total. The van der Waals surface area contributed by atoms with Crippen LogP contribution in [0.5, 0.6) is 0 Å². The number of thioether (sulfide) groups is 1. The van der Waals surface area contributed by atoms with Crippen LogP contribution in [0.2, 0.25) is 0 Å². The maximum atomic E-state index is 13.9. The molecule has 0 fully saturated rings. The summed E-state index contributed by atoms with van der Waals surface area (Å²) in [4.78, 5) is 18.7. The molecule has 4 aromatic rings. The van der Waals surface area contributed by atoms with Crippen LogP contribution < -0.4 is 5.56 Å². The zero-order chi connectivity index (χ0) is 18.8. The van der Waals surface area contributed by atoms with Gasteiger partial charge in [0.1, 0.15) is 10.5 Å². The predicted molar refractivity (Wildman–Crippen MR) is 111 cm³/mol. The third kappa shape index (κ3) is 3.55. The van der Waals surface area contributed by atoms with Gasteiger partial charge in [-0.3, -0.25) is 9.36 Å². The number of nitrogens with zero attached hydrogens (tertiary/aromatic N) is 2. The zero-order valence-electron chi connectivity index (χ0n) is 14.7. The predicted octanol–water partition coefficient (Wildman–Crippen LogP) is 5.58. The molecule has 4 rings (SSSR count). The van der Waals surface area contributed by atoms with E-state index in [2.05, 4.69) is 0 Å². The quantitative estimate of drug-likeness (QED) is 0.326. The lowest BCUT2D eigenvalue weighted by atomic mass is 10.2. The lowest BCUT2D eigenvalue weighted by molar-refractivity contribution is 0.616. The van der Waals surface area contributed by atoms with Crippen LogP contribution in [0.4, 0.5) is 4.39 Å². The Labute approximate surface area is 164 Å². The highest BCUT2D eigenvalue weighted by atomic mass is 32.2. The Bertz CT molecular complexity index is 1150. The van der Waals surface area contributed by atoms with E-state index in [1.54, 1.807) is 16.7 Å². The van der Waals surface area contributed by atoms with E-state index >= 15 is 0 Å². The van der Waals surface area contributed by atoms with E-state index < -0.39 is 0 Å². The molecule has 2 aromatic heterocycles. The number of fused-ring (bicyclic) bond motifs is 1. The molecule has 0 aliphatic heterocycles. The third-order valence-electron chi connectivity index (χ3n) is 4.29. The topological polar surface area (TPSA) is 34.9 Å². The van der Waals surface area contributed by atoms with Crippen molar-refractivity contribution in [1.29, 1.82) is 0 Å².